The van der Waals surface area contributed by atoms with Crippen molar-refractivity contribution in [3.8, 4) is 0 Å². The van der Waals surface area contributed by atoms with Crippen LogP contribution in [0.25, 0.3) is 0 Å². The number of phosphoric acid groups is 1. The minimum Gasteiger partial charge on any atom is -0.387 e. The number of nitrogens with one attached hydrogen (secondary N) is 1. The lowest BCUT2D eigenvalue weighted by Gasteiger charge is -2.25. The minimum atomic E-state index is -4.35. The lowest BCUT2D eigenvalue weighted by molar-refractivity contribution is -0.870. The Labute approximate surface area is 448 Å². The number of aliphatic hydroxyl groups is 1. The molecule has 0 aliphatic carbocycles. The van der Waals surface area contributed by atoms with E-state index in [0.717, 1.165) is 38.5 Å². The molecule has 8 nitrogen and oxygen atoms in total. The number of unbranched alkanes of at least 4 members (excludes halogenated alkanes) is 41. The van der Waals surface area contributed by atoms with E-state index in [-0.39, 0.29) is 19.1 Å². The van der Waals surface area contributed by atoms with Crippen molar-refractivity contribution in [2.45, 2.75) is 321 Å². The van der Waals surface area contributed by atoms with E-state index >= 15 is 0 Å². The Hall–Kier alpha value is -1.28. The number of amides is 1. The van der Waals surface area contributed by atoms with E-state index in [9.17, 15) is 19.4 Å². The maximum atomic E-state index is 13.0. The van der Waals surface area contributed by atoms with E-state index in [1.807, 2.05) is 27.2 Å². The van der Waals surface area contributed by atoms with Gasteiger partial charge >= 0.3 is 7.82 Å². The number of likely N-dealkylation sites (N-methyl/N-ethyl adjacent to an activating group) is 1. The Kier molecular flexibility index (Phi) is 53.5. The summed E-state index contributed by atoms with van der Waals surface area (Å²) in [6.45, 7) is 4.82. The molecule has 0 aromatic heterocycles. The van der Waals surface area contributed by atoms with Gasteiger partial charge in [-0.15, -0.1) is 0 Å². The van der Waals surface area contributed by atoms with Crippen LogP contribution in [0.2, 0.25) is 0 Å². The Bertz CT molecular complexity index is 1270. The van der Waals surface area contributed by atoms with Crippen molar-refractivity contribution in [3.63, 3.8) is 0 Å². The summed E-state index contributed by atoms with van der Waals surface area (Å²) in [4.78, 5) is 23.3. The Morgan fingerprint density at radius 1 is 0.458 bits per heavy atom. The number of hydrogen-bond donors (Lipinski definition) is 3. The van der Waals surface area contributed by atoms with Crippen LogP contribution >= 0.6 is 7.82 Å². The van der Waals surface area contributed by atoms with E-state index in [4.69, 9.17) is 9.05 Å². The van der Waals surface area contributed by atoms with E-state index < -0.39 is 20.0 Å². The zero-order valence-electron chi connectivity index (χ0n) is 48.7. The minimum absolute atomic E-state index is 0.0575. The van der Waals surface area contributed by atoms with E-state index in [1.165, 1.54) is 250 Å². The fraction of sp³-hybridized carbons (Fsp3) is 0.889. The first-order valence-electron chi connectivity index (χ1n) is 31.4. The van der Waals surface area contributed by atoms with Gasteiger partial charge in [0.05, 0.1) is 39.9 Å². The lowest BCUT2D eigenvalue weighted by Crippen LogP contribution is -2.45. The molecule has 426 valence electrons. The molecule has 0 spiro atoms. The van der Waals surface area contributed by atoms with Gasteiger partial charge in [0.15, 0.2) is 0 Å². The average molecular weight is 1040 g/mol. The highest BCUT2D eigenvalue weighted by Crippen LogP contribution is 2.43. The number of carbonyl (C=O) groups excluding carboxylic acids is 1. The van der Waals surface area contributed by atoms with Gasteiger partial charge in [-0.05, 0) is 57.8 Å². The third kappa shape index (κ3) is 56.4. The van der Waals surface area contributed by atoms with Gasteiger partial charge in [0.2, 0.25) is 5.91 Å². The van der Waals surface area contributed by atoms with Gasteiger partial charge in [0.1, 0.15) is 13.2 Å². The SMILES string of the molecule is CCCCCCCCCCC/C=C/CC/C=C/C(O)C(COP(=O)(O)OCC[N+](C)(C)C)NC(=O)CCCCCCCCCCCCCCCCCCC/C=C\CCCCCCCCCCCCCCCC. The number of carbonyl (C=O) groups is 1. The third-order valence-electron chi connectivity index (χ3n) is 14.3. The van der Waals surface area contributed by atoms with Gasteiger partial charge in [0.25, 0.3) is 0 Å². The molecule has 9 heteroatoms. The lowest BCUT2D eigenvalue weighted by atomic mass is 10.0. The number of rotatable bonds is 58. The molecular formula is C63H124N2O6P+. The molecule has 0 bridgehead atoms. The number of quaternary nitrogens is 1. The zero-order chi connectivity index (χ0) is 52.7. The molecule has 3 atom stereocenters. The van der Waals surface area contributed by atoms with Crippen LogP contribution in [-0.4, -0.2) is 73.4 Å². The summed E-state index contributed by atoms with van der Waals surface area (Å²) in [6.07, 6.45) is 71.4. The second-order valence-electron chi connectivity index (χ2n) is 22.8. The van der Waals surface area contributed by atoms with Crippen molar-refractivity contribution < 1.29 is 32.9 Å². The standard InChI is InChI=1S/C63H123N2O6P/c1-6-8-10-12-14-16-18-20-22-23-24-25-26-27-28-29-30-31-32-33-34-35-36-37-38-39-40-41-43-45-47-49-51-53-55-57-63(67)64-61(60-71-72(68,69)70-59-58-65(3,4)5)62(66)56-54-52-50-48-46-44-42-21-19-17-15-13-11-9-7-2/h29-30,46,48,54,56,61-62,66H,6-28,31-45,47,49-53,55,57-60H2,1-5H3,(H-,64,67,68,69)/p+1/b30-29-,48-46+,56-54+. The van der Waals surface area contributed by atoms with Gasteiger partial charge in [-0.25, -0.2) is 4.57 Å². The quantitative estimate of drug-likeness (QED) is 0.0243. The maximum Gasteiger partial charge on any atom is 0.472 e. The maximum absolute atomic E-state index is 13.0. The van der Waals surface area contributed by atoms with Crippen LogP contribution in [-0.2, 0) is 18.4 Å². The van der Waals surface area contributed by atoms with Crippen molar-refractivity contribution in [2.24, 2.45) is 0 Å². The highest BCUT2D eigenvalue weighted by atomic mass is 31.2. The number of nitrogens with zero attached hydrogens (tertiary/aromatic N) is 1. The summed E-state index contributed by atoms with van der Waals surface area (Å²) in [5.41, 5.74) is 0. The summed E-state index contributed by atoms with van der Waals surface area (Å²) in [5.74, 6) is -0.183. The van der Waals surface area contributed by atoms with Crippen molar-refractivity contribution >= 4 is 13.7 Å². The second-order valence-corrected chi connectivity index (χ2v) is 24.2. The first-order chi connectivity index (χ1) is 35.0. The third-order valence-corrected chi connectivity index (χ3v) is 15.3. The highest BCUT2D eigenvalue weighted by Gasteiger charge is 2.27. The zero-order valence-corrected chi connectivity index (χ0v) is 49.6. The molecule has 0 aromatic rings. The summed E-state index contributed by atoms with van der Waals surface area (Å²) in [7, 11) is 1.56. The normalized spacial score (nSPS) is 14.0. The summed E-state index contributed by atoms with van der Waals surface area (Å²) in [5, 5.41) is 13.9. The summed E-state index contributed by atoms with van der Waals surface area (Å²) < 4.78 is 23.7. The molecule has 3 N–H and O–H groups in total. The molecule has 0 aliphatic heterocycles. The average Bonchev–Trinajstić information content (AvgIpc) is 3.34. The molecular weight excluding hydrogens is 912 g/mol. The van der Waals surface area contributed by atoms with E-state index in [0.29, 0.717) is 17.4 Å². The second kappa shape index (κ2) is 54.5. The molecule has 0 saturated heterocycles. The predicted octanol–water partition coefficient (Wildman–Crippen LogP) is 19.3. The van der Waals surface area contributed by atoms with Crippen molar-refractivity contribution in [1.29, 1.82) is 0 Å². The topological polar surface area (TPSA) is 105 Å². The number of allylic oxidation sites excluding steroid dienone is 5. The van der Waals surface area contributed by atoms with E-state index in [2.05, 4.69) is 43.5 Å². The largest absolute Gasteiger partial charge is 0.472 e. The molecule has 0 saturated carbocycles. The fourth-order valence-electron chi connectivity index (χ4n) is 9.41. The molecule has 0 radical (unpaired) electrons. The van der Waals surface area contributed by atoms with Crippen LogP contribution in [0.1, 0.15) is 309 Å². The Morgan fingerprint density at radius 3 is 1.11 bits per heavy atom. The predicted molar refractivity (Wildman–Crippen MR) is 314 cm³/mol. The molecule has 3 unspecified atom stereocenters. The van der Waals surface area contributed by atoms with Crippen molar-refractivity contribution in [2.75, 3.05) is 40.9 Å². The monoisotopic (exact) mass is 1040 g/mol. The molecule has 0 rings (SSSR count). The first kappa shape index (κ1) is 70.7. The van der Waals surface area contributed by atoms with Crippen LogP contribution in [0, 0.1) is 0 Å². The molecule has 0 aliphatic rings. The molecule has 0 aromatic carbocycles. The van der Waals surface area contributed by atoms with Crippen molar-refractivity contribution in [3.05, 3.63) is 36.5 Å². The fourth-order valence-corrected chi connectivity index (χ4v) is 10.1. The summed E-state index contributed by atoms with van der Waals surface area (Å²) in [6, 6.07) is -0.862. The van der Waals surface area contributed by atoms with Crippen LogP contribution in [0.5, 0.6) is 0 Å². The number of phosphoric ester groups is 1. The van der Waals surface area contributed by atoms with Crippen LogP contribution in [0.15, 0.2) is 36.5 Å². The van der Waals surface area contributed by atoms with Crippen LogP contribution in [0.4, 0.5) is 0 Å². The summed E-state index contributed by atoms with van der Waals surface area (Å²) >= 11 is 0. The molecule has 72 heavy (non-hydrogen) atoms. The number of aliphatic hydroxyl groups excluding tert-OH is 1. The smallest absolute Gasteiger partial charge is 0.387 e. The Morgan fingerprint density at radius 2 is 0.764 bits per heavy atom. The highest BCUT2D eigenvalue weighted by molar-refractivity contribution is 7.47. The van der Waals surface area contributed by atoms with Crippen molar-refractivity contribution in [1.82, 2.24) is 5.32 Å². The van der Waals surface area contributed by atoms with Gasteiger partial charge in [-0.1, -0.05) is 281 Å². The van der Waals surface area contributed by atoms with Crippen LogP contribution in [0.3, 0.4) is 0 Å². The van der Waals surface area contributed by atoms with Gasteiger partial charge < -0.3 is 19.8 Å². The van der Waals surface area contributed by atoms with Gasteiger partial charge in [-0.3, -0.25) is 13.8 Å². The Balaban J connectivity index is 3.98. The molecule has 0 heterocycles. The van der Waals surface area contributed by atoms with E-state index in [1.54, 1.807) is 6.08 Å². The van der Waals surface area contributed by atoms with Gasteiger partial charge in [0, 0.05) is 6.42 Å². The molecule has 0 fully saturated rings. The van der Waals surface area contributed by atoms with Crippen LogP contribution < -0.4 is 5.32 Å². The number of hydrogen-bond acceptors (Lipinski definition) is 5. The molecule has 1 amide bonds. The first-order valence-corrected chi connectivity index (χ1v) is 32.9. The van der Waals surface area contributed by atoms with Gasteiger partial charge in [-0.2, -0.15) is 0 Å².